The van der Waals surface area contributed by atoms with Gasteiger partial charge in [0.1, 0.15) is 11.2 Å². The van der Waals surface area contributed by atoms with E-state index in [9.17, 15) is 19.5 Å². The molecule has 0 aromatic rings. The molecule has 5 aliphatic rings. The molecule has 1 spiro atoms. The molecule has 0 aromatic heterocycles. The second-order valence-corrected chi connectivity index (χ2v) is 10.5. The Hall–Kier alpha value is -1.79. The molecule has 30 heavy (non-hydrogen) atoms. The fourth-order valence-corrected chi connectivity index (χ4v) is 7.85. The molecule has 6 heteroatoms. The summed E-state index contributed by atoms with van der Waals surface area (Å²) in [6.07, 6.45) is 8.43. The molecule has 4 fully saturated rings. The van der Waals surface area contributed by atoms with E-state index < -0.39 is 29.4 Å². The van der Waals surface area contributed by atoms with Gasteiger partial charge in [-0.15, -0.1) is 0 Å². The highest BCUT2D eigenvalue weighted by Gasteiger charge is 2.81. The number of hydrogen-bond donors (Lipinski definition) is 1. The average Bonchev–Trinajstić information content (AvgIpc) is 3.36. The van der Waals surface area contributed by atoms with E-state index in [1.165, 1.54) is 6.92 Å². The Morgan fingerprint density at radius 2 is 2.03 bits per heavy atom. The normalized spacial score (nSPS) is 50.6. The predicted molar refractivity (Wildman–Crippen MR) is 107 cm³/mol. The second kappa shape index (κ2) is 5.92. The molecule has 8 unspecified atom stereocenters. The van der Waals surface area contributed by atoms with E-state index in [0.29, 0.717) is 6.42 Å². The van der Waals surface area contributed by atoms with Gasteiger partial charge in [0.05, 0.1) is 6.10 Å². The number of fused-ring (bicyclic) bond motifs is 3. The molecule has 1 N–H and O–H groups in total. The molecule has 5 rings (SSSR count). The van der Waals surface area contributed by atoms with Gasteiger partial charge in [0.2, 0.25) is 5.78 Å². The number of carbonyl (C=O) groups is 3. The lowest BCUT2D eigenvalue weighted by Gasteiger charge is -2.55. The number of ketones is 2. The summed E-state index contributed by atoms with van der Waals surface area (Å²) in [6, 6.07) is 0. The second-order valence-electron chi connectivity index (χ2n) is 10.5. The van der Waals surface area contributed by atoms with E-state index in [-0.39, 0.29) is 40.7 Å². The zero-order valence-corrected chi connectivity index (χ0v) is 18.1. The van der Waals surface area contributed by atoms with Crippen LogP contribution in [0.15, 0.2) is 23.8 Å². The predicted octanol–water partition coefficient (Wildman–Crippen LogP) is 2.53. The van der Waals surface area contributed by atoms with Crippen LogP contribution in [0, 0.1) is 28.6 Å². The Labute approximate surface area is 176 Å². The Kier molecular flexibility index (Phi) is 3.97. The molecule has 0 aromatic carbocycles. The summed E-state index contributed by atoms with van der Waals surface area (Å²) in [7, 11) is 0. The molecule has 162 valence electrons. The van der Waals surface area contributed by atoms with Gasteiger partial charge >= 0.3 is 5.97 Å². The first kappa shape index (κ1) is 20.1. The Morgan fingerprint density at radius 3 is 2.73 bits per heavy atom. The van der Waals surface area contributed by atoms with Crippen molar-refractivity contribution in [2.75, 3.05) is 6.61 Å². The summed E-state index contributed by atoms with van der Waals surface area (Å²) in [5, 5.41) is 11.8. The van der Waals surface area contributed by atoms with Crippen molar-refractivity contribution in [3.05, 3.63) is 23.8 Å². The summed E-state index contributed by atoms with van der Waals surface area (Å²) in [6.45, 7) is 7.00. The van der Waals surface area contributed by atoms with Crippen molar-refractivity contribution >= 4 is 17.5 Å². The minimum Gasteiger partial charge on any atom is -0.458 e. The number of hydrogen-bond acceptors (Lipinski definition) is 6. The van der Waals surface area contributed by atoms with Crippen LogP contribution in [-0.2, 0) is 23.9 Å². The minimum atomic E-state index is -1.54. The zero-order chi connectivity index (χ0) is 21.7. The topological polar surface area (TPSA) is 93.2 Å². The van der Waals surface area contributed by atoms with Crippen molar-refractivity contribution in [2.24, 2.45) is 28.6 Å². The highest BCUT2D eigenvalue weighted by atomic mass is 16.6. The van der Waals surface area contributed by atoms with Crippen LogP contribution in [0.25, 0.3) is 0 Å². The highest BCUT2D eigenvalue weighted by Crippen LogP contribution is 2.76. The monoisotopic (exact) mass is 414 g/mol. The van der Waals surface area contributed by atoms with Gasteiger partial charge in [-0.25, -0.2) is 0 Å². The zero-order valence-electron chi connectivity index (χ0n) is 18.1. The van der Waals surface area contributed by atoms with Gasteiger partial charge in [-0.2, -0.15) is 0 Å². The smallest absolute Gasteiger partial charge is 0.303 e. The number of aliphatic hydroxyl groups is 1. The lowest BCUT2D eigenvalue weighted by atomic mass is 9.46. The fraction of sp³-hybridized carbons (Fsp3) is 0.708. The minimum absolute atomic E-state index is 0.0371. The van der Waals surface area contributed by atoms with Crippen LogP contribution >= 0.6 is 0 Å². The van der Waals surface area contributed by atoms with Crippen LogP contribution in [0.3, 0.4) is 0 Å². The number of rotatable bonds is 3. The first-order chi connectivity index (χ1) is 14.0. The summed E-state index contributed by atoms with van der Waals surface area (Å²) in [5.41, 5.74) is -1.71. The van der Waals surface area contributed by atoms with Crippen molar-refractivity contribution in [3.63, 3.8) is 0 Å². The van der Waals surface area contributed by atoms with Crippen LogP contribution in [0.5, 0.6) is 0 Å². The maximum Gasteiger partial charge on any atom is 0.303 e. The third-order valence-corrected chi connectivity index (χ3v) is 9.35. The first-order valence-electron chi connectivity index (χ1n) is 11.0. The van der Waals surface area contributed by atoms with E-state index in [1.807, 2.05) is 19.9 Å². The van der Waals surface area contributed by atoms with Crippen molar-refractivity contribution in [3.8, 4) is 0 Å². The quantitative estimate of drug-likeness (QED) is 0.564. The Morgan fingerprint density at radius 1 is 1.30 bits per heavy atom. The fourth-order valence-electron chi connectivity index (χ4n) is 7.85. The van der Waals surface area contributed by atoms with Crippen LogP contribution in [-0.4, -0.2) is 46.6 Å². The average molecular weight is 414 g/mol. The summed E-state index contributed by atoms with van der Waals surface area (Å²) >= 11 is 0. The molecule has 8 atom stereocenters. The lowest BCUT2D eigenvalue weighted by Crippen LogP contribution is -2.62. The van der Waals surface area contributed by atoms with Crippen LogP contribution in [0.4, 0.5) is 0 Å². The third-order valence-electron chi connectivity index (χ3n) is 9.35. The number of carbonyl (C=O) groups excluding carboxylic acids is 3. The molecular formula is C24H30O6. The maximum absolute atomic E-state index is 13.1. The van der Waals surface area contributed by atoms with Gasteiger partial charge in [-0.3, -0.25) is 14.4 Å². The molecule has 1 aliphatic heterocycles. The van der Waals surface area contributed by atoms with Crippen molar-refractivity contribution in [1.29, 1.82) is 0 Å². The SMILES string of the molecule is CC(=O)OCC(=O)C1(O)C(C)CC2C3CCC4=CC(=O)C=CC4(C)C34OC4CC21C. The van der Waals surface area contributed by atoms with Gasteiger partial charge in [-0.05, 0) is 62.5 Å². The number of epoxide rings is 1. The molecule has 4 aliphatic carbocycles. The van der Waals surface area contributed by atoms with Gasteiger partial charge in [0.15, 0.2) is 12.4 Å². The number of allylic oxidation sites excluding steroid dienone is 2. The lowest BCUT2D eigenvalue weighted by molar-refractivity contribution is -0.170. The number of esters is 1. The molecule has 1 saturated heterocycles. The number of Topliss-reactive ketones (excluding diaryl/α,β-unsaturated/α-hetero) is 1. The summed E-state index contributed by atoms with van der Waals surface area (Å²) in [5.74, 6) is -0.783. The highest BCUT2D eigenvalue weighted by molar-refractivity contribution is 6.01. The maximum atomic E-state index is 13.1. The molecule has 0 bridgehead atoms. The van der Waals surface area contributed by atoms with Crippen LogP contribution in [0.1, 0.15) is 53.4 Å². The van der Waals surface area contributed by atoms with Gasteiger partial charge in [0, 0.05) is 17.8 Å². The molecule has 0 radical (unpaired) electrons. The Balaban J connectivity index is 1.52. The van der Waals surface area contributed by atoms with Crippen LogP contribution in [0.2, 0.25) is 0 Å². The standard InChI is InChI=1S/C24H30O6/c1-13-9-18-17-6-5-15-10-16(26)7-8-21(15,3)24(17)20(30-24)11-22(18,4)23(13,28)19(27)12-29-14(2)25/h7-8,10,13,17-18,20,28H,5-6,9,11-12H2,1-4H3. The van der Waals surface area contributed by atoms with E-state index in [2.05, 4.69) is 6.92 Å². The van der Waals surface area contributed by atoms with Gasteiger partial charge in [-0.1, -0.05) is 25.5 Å². The summed E-state index contributed by atoms with van der Waals surface area (Å²) < 4.78 is 11.4. The third kappa shape index (κ3) is 2.14. The molecule has 3 saturated carbocycles. The van der Waals surface area contributed by atoms with Crippen molar-refractivity contribution in [2.45, 2.75) is 70.7 Å². The van der Waals surface area contributed by atoms with E-state index in [4.69, 9.17) is 9.47 Å². The molecule has 1 heterocycles. The van der Waals surface area contributed by atoms with Crippen LogP contribution < -0.4 is 0 Å². The first-order valence-corrected chi connectivity index (χ1v) is 11.0. The van der Waals surface area contributed by atoms with E-state index >= 15 is 0 Å². The number of ether oxygens (including phenoxy) is 2. The van der Waals surface area contributed by atoms with Gasteiger partial charge < -0.3 is 14.6 Å². The molecular weight excluding hydrogens is 384 g/mol. The van der Waals surface area contributed by atoms with E-state index in [0.717, 1.165) is 24.8 Å². The van der Waals surface area contributed by atoms with E-state index in [1.54, 1.807) is 12.2 Å². The molecule has 6 nitrogen and oxygen atoms in total. The molecule has 0 amide bonds. The van der Waals surface area contributed by atoms with Crippen molar-refractivity contribution < 1.29 is 29.0 Å². The summed E-state index contributed by atoms with van der Waals surface area (Å²) in [4.78, 5) is 36.3. The Bertz CT molecular complexity index is 919. The largest absolute Gasteiger partial charge is 0.458 e. The van der Waals surface area contributed by atoms with Crippen molar-refractivity contribution in [1.82, 2.24) is 0 Å². The van der Waals surface area contributed by atoms with Gasteiger partial charge in [0.25, 0.3) is 0 Å².